The molecule has 0 aliphatic carbocycles. The van der Waals surface area contributed by atoms with E-state index in [0.717, 1.165) is 32.7 Å². The summed E-state index contributed by atoms with van der Waals surface area (Å²) in [6.07, 6.45) is 0.310. The molecule has 1 aromatic heterocycles. The second-order valence-electron chi connectivity index (χ2n) is 5.91. The molecule has 0 radical (unpaired) electrons. The molecule has 0 aliphatic heterocycles. The van der Waals surface area contributed by atoms with Gasteiger partial charge >= 0.3 is 0 Å². The monoisotopic (exact) mass is 383 g/mol. The lowest BCUT2D eigenvalue weighted by Gasteiger charge is -2.07. The van der Waals surface area contributed by atoms with E-state index in [1.807, 2.05) is 56.3 Å². The second-order valence-corrected chi connectivity index (χ2v) is 7.39. The molecule has 3 rings (SSSR count). The average Bonchev–Trinajstić information content (AvgIpc) is 2.58. The Kier molecular flexibility index (Phi) is 5.91. The van der Waals surface area contributed by atoms with Gasteiger partial charge in [0.15, 0.2) is 5.16 Å². The highest BCUT2D eigenvalue weighted by Gasteiger charge is 2.06. The number of nitrogens with zero attached hydrogens (tertiary/aromatic N) is 2. The zero-order chi connectivity index (χ0) is 18.5. The maximum atomic E-state index is 12.1. The fourth-order valence-electron chi connectivity index (χ4n) is 2.44. The van der Waals surface area contributed by atoms with Gasteiger partial charge < -0.3 is 5.32 Å². The Morgan fingerprint density at radius 1 is 1.00 bits per heavy atom. The molecule has 0 spiro atoms. The number of benzene rings is 2. The van der Waals surface area contributed by atoms with Crippen molar-refractivity contribution in [2.45, 2.75) is 30.3 Å². The van der Waals surface area contributed by atoms with Crippen LogP contribution in [0.2, 0.25) is 5.02 Å². The molecule has 2 aromatic carbocycles. The van der Waals surface area contributed by atoms with Gasteiger partial charge in [-0.25, -0.2) is 9.97 Å². The SMILES string of the molecule is Cc1cc(C)nc(Sc2ccc(NC(=O)Cc3ccc(Cl)cc3)cc2)n1. The molecule has 0 atom stereocenters. The van der Waals surface area contributed by atoms with Gasteiger partial charge in [-0.1, -0.05) is 23.7 Å². The highest BCUT2D eigenvalue weighted by Crippen LogP contribution is 2.26. The summed E-state index contributed by atoms with van der Waals surface area (Å²) in [4.78, 5) is 22.0. The van der Waals surface area contributed by atoms with Crippen LogP contribution in [0, 0.1) is 13.8 Å². The Bertz CT molecular complexity index is 891. The number of hydrogen-bond acceptors (Lipinski definition) is 4. The van der Waals surface area contributed by atoms with E-state index in [0.29, 0.717) is 11.4 Å². The van der Waals surface area contributed by atoms with Crippen molar-refractivity contribution in [3.05, 3.63) is 76.6 Å². The van der Waals surface area contributed by atoms with E-state index in [-0.39, 0.29) is 5.91 Å². The van der Waals surface area contributed by atoms with E-state index in [2.05, 4.69) is 15.3 Å². The Balaban J connectivity index is 1.60. The minimum absolute atomic E-state index is 0.0645. The Hall–Kier alpha value is -2.37. The third-order valence-corrected chi connectivity index (χ3v) is 4.71. The van der Waals surface area contributed by atoms with E-state index in [1.165, 1.54) is 11.8 Å². The quantitative estimate of drug-likeness (QED) is 0.624. The van der Waals surface area contributed by atoms with Crippen LogP contribution < -0.4 is 5.32 Å². The molecule has 1 amide bonds. The number of halogens is 1. The summed E-state index contributed by atoms with van der Waals surface area (Å²) in [6.45, 7) is 3.91. The van der Waals surface area contributed by atoms with Crippen molar-refractivity contribution in [3.8, 4) is 0 Å². The van der Waals surface area contributed by atoms with Crippen LogP contribution in [-0.2, 0) is 11.2 Å². The number of nitrogens with one attached hydrogen (secondary N) is 1. The molecule has 6 heteroatoms. The number of hydrogen-bond donors (Lipinski definition) is 1. The van der Waals surface area contributed by atoms with Crippen molar-refractivity contribution >= 4 is 35.0 Å². The first-order valence-corrected chi connectivity index (χ1v) is 9.32. The van der Waals surface area contributed by atoms with Crippen LogP contribution >= 0.6 is 23.4 Å². The Morgan fingerprint density at radius 2 is 1.62 bits per heavy atom. The molecule has 0 aliphatic rings. The van der Waals surface area contributed by atoms with Gasteiger partial charge in [0.25, 0.3) is 0 Å². The normalized spacial score (nSPS) is 10.6. The summed E-state index contributed by atoms with van der Waals surface area (Å²) in [7, 11) is 0. The van der Waals surface area contributed by atoms with Crippen molar-refractivity contribution in [1.29, 1.82) is 0 Å². The van der Waals surface area contributed by atoms with Crippen molar-refractivity contribution < 1.29 is 4.79 Å². The number of rotatable bonds is 5. The summed E-state index contributed by atoms with van der Waals surface area (Å²) in [6, 6.07) is 16.9. The van der Waals surface area contributed by atoms with Crippen molar-refractivity contribution in [2.24, 2.45) is 0 Å². The fourth-order valence-corrected chi connectivity index (χ4v) is 3.43. The first-order chi connectivity index (χ1) is 12.5. The van der Waals surface area contributed by atoms with Gasteiger partial charge in [0.05, 0.1) is 6.42 Å². The molecule has 26 heavy (non-hydrogen) atoms. The highest BCUT2D eigenvalue weighted by molar-refractivity contribution is 7.99. The first kappa shape index (κ1) is 18.4. The maximum Gasteiger partial charge on any atom is 0.228 e. The summed E-state index contributed by atoms with van der Waals surface area (Å²) >= 11 is 7.36. The topological polar surface area (TPSA) is 54.9 Å². The van der Waals surface area contributed by atoms with Crippen LogP contribution in [0.1, 0.15) is 17.0 Å². The zero-order valence-corrected chi connectivity index (χ0v) is 16.1. The summed E-state index contributed by atoms with van der Waals surface area (Å²) in [5.41, 5.74) is 3.58. The van der Waals surface area contributed by atoms with Gasteiger partial charge in [0.1, 0.15) is 0 Å². The number of aryl methyl sites for hydroxylation is 2. The number of aromatic nitrogens is 2. The number of amides is 1. The minimum Gasteiger partial charge on any atom is -0.326 e. The highest BCUT2D eigenvalue weighted by atomic mass is 35.5. The molecule has 0 bridgehead atoms. The summed E-state index contributed by atoms with van der Waals surface area (Å²) in [5, 5.41) is 4.29. The molecular weight excluding hydrogens is 366 g/mol. The third-order valence-electron chi connectivity index (χ3n) is 3.59. The number of anilines is 1. The van der Waals surface area contributed by atoms with Crippen LogP contribution in [0.4, 0.5) is 5.69 Å². The maximum absolute atomic E-state index is 12.1. The zero-order valence-electron chi connectivity index (χ0n) is 14.5. The van der Waals surface area contributed by atoms with Gasteiger partial charge in [0, 0.05) is 27.0 Å². The first-order valence-electron chi connectivity index (χ1n) is 8.12. The number of carbonyl (C=O) groups excluding carboxylic acids is 1. The van der Waals surface area contributed by atoms with E-state index in [9.17, 15) is 4.79 Å². The van der Waals surface area contributed by atoms with Crippen molar-refractivity contribution in [3.63, 3.8) is 0 Å². The molecule has 0 saturated heterocycles. The van der Waals surface area contributed by atoms with Crippen molar-refractivity contribution in [1.82, 2.24) is 9.97 Å². The predicted octanol–water partition coefficient (Wildman–Crippen LogP) is 5.08. The lowest BCUT2D eigenvalue weighted by Crippen LogP contribution is -2.14. The second kappa shape index (κ2) is 8.34. The molecular formula is C20H18ClN3OS. The predicted molar refractivity (Wildman–Crippen MR) is 106 cm³/mol. The smallest absolute Gasteiger partial charge is 0.228 e. The Morgan fingerprint density at radius 3 is 2.23 bits per heavy atom. The van der Waals surface area contributed by atoms with Gasteiger partial charge in [-0.3, -0.25) is 4.79 Å². The molecule has 0 unspecified atom stereocenters. The minimum atomic E-state index is -0.0645. The van der Waals surface area contributed by atoms with E-state index >= 15 is 0 Å². The standard InChI is InChI=1S/C20H18ClN3OS/c1-13-11-14(2)23-20(22-13)26-18-9-7-17(8-10-18)24-19(25)12-15-3-5-16(21)6-4-15/h3-11H,12H2,1-2H3,(H,24,25). The van der Waals surface area contributed by atoms with Crippen LogP contribution in [0.15, 0.2) is 64.6 Å². The van der Waals surface area contributed by atoms with Gasteiger partial charge in [-0.15, -0.1) is 0 Å². The van der Waals surface area contributed by atoms with Crippen LogP contribution in [0.25, 0.3) is 0 Å². The number of carbonyl (C=O) groups is 1. The third kappa shape index (κ3) is 5.31. The lowest BCUT2D eigenvalue weighted by atomic mass is 10.1. The molecule has 1 heterocycles. The van der Waals surface area contributed by atoms with E-state index in [4.69, 9.17) is 11.6 Å². The van der Waals surface area contributed by atoms with Crippen LogP contribution in [-0.4, -0.2) is 15.9 Å². The van der Waals surface area contributed by atoms with Crippen molar-refractivity contribution in [2.75, 3.05) is 5.32 Å². The van der Waals surface area contributed by atoms with E-state index in [1.54, 1.807) is 12.1 Å². The lowest BCUT2D eigenvalue weighted by molar-refractivity contribution is -0.115. The van der Waals surface area contributed by atoms with E-state index < -0.39 is 0 Å². The Labute approximate surface area is 162 Å². The van der Waals surface area contributed by atoms with Gasteiger partial charge in [0.2, 0.25) is 5.91 Å². The van der Waals surface area contributed by atoms with Crippen LogP contribution in [0.3, 0.4) is 0 Å². The average molecular weight is 384 g/mol. The summed E-state index contributed by atoms with van der Waals surface area (Å²) in [5.74, 6) is -0.0645. The molecule has 1 N–H and O–H groups in total. The molecule has 4 nitrogen and oxygen atoms in total. The van der Waals surface area contributed by atoms with Gasteiger partial charge in [-0.05, 0) is 73.6 Å². The molecule has 0 fully saturated rings. The summed E-state index contributed by atoms with van der Waals surface area (Å²) < 4.78 is 0. The largest absolute Gasteiger partial charge is 0.326 e. The van der Waals surface area contributed by atoms with Gasteiger partial charge in [-0.2, -0.15) is 0 Å². The van der Waals surface area contributed by atoms with Crippen LogP contribution in [0.5, 0.6) is 0 Å². The fraction of sp³-hybridized carbons (Fsp3) is 0.150. The molecule has 132 valence electrons. The molecule has 0 saturated carbocycles. The molecule has 3 aromatic rings.